The summed E-state index contributed by atoms with van der Waals surface area (Å²) in [5.41, 5.74) is 2.02. The zero-order chi connectivity index (χ0) is 16.4. The predicted molar refractivity (Wildman–Crippen MR) is 95.8 cm³/mol. The molecule has 2 aromatic rings. The van der Waals surface area contributed by atoms with Gasteiger partial charge >= 0.3 is 0 Å². The molecule has 124 valence electrons. The summed E-state index contributed by atoms with van der Waals surface area (Å²) >= 11 is 9.53. The Morgan fingerprint density at radius 2 is 2.22 bits per heavy atom. The van der Waals surface area contributed by atoms with Crippen LogP contribution < -0.4 is 4.90 Å². The van der Waals surface area contributed by atoms with Crippen molar-refractivity contribution >= 4 is 40.5 Å². The van der Waals surface area contributed by atoms with E-state index in [4.69, 9.17) is 16.3 Å². The fourth-order valence-corrected chi connectivity index (χ4v) is 4.62. The highest BCUT2D eigenvalue weighted by Gasteiger charge is 2.21. The minimum absolute atomic E-state index is 0.291. The molecule has 8 heteroatoms. The van der Waals surface area contributed by atoms with Crippen LogP contribution in [0, 0.1) is 13.8 Å². The Bertz CT molecular complexity index is 675. The number of morpholine rings is 1. The molecule has 1 saturated heterocycles. The van der Waals surface area contributed by atoms with E-state index in [1.165, 1.54) is 4.88 Å². The Morgan fingerprint density at radius 1 is 1.39 bits per heavy atom. The van der Waals surface area contributed by atoms with Gasteiger partial charge in [0.1, 0.15) is 5.82 Å². The van der Waals surface area contributed by atoms with Gasteiger partial charge in [0, 0.05) is 23.2 Å². The molecule has 0 bridgehead atoms. The van der Waals surface area contributed by atoms with Crippen LogP contribution in [0.15, 0.2) is 10.4 Å². The van der Waals surface area contributed by atoms with E-state index in [-0.39, 0.29) is 0 Å². The lowest BCUT2D eigenvalue weighted by atomic mass is 10.2. The van der Waals surface area contributed by atoms with E-state index in [9.17, 15) is 0 Å². The number of aryl methyl sites for hydroxylation is 2. The second kappa shape index (κ2) is 7.34. The van der Waals surface area contributed by atoms with Crippen LogP contribution in [0.5, 0.6) is 0 Å². The van der Waals surface area contributed by atoms with Gasteiger partial charge in [-0.05, 0) is 32.4 Å². The number of hydrogen-bond donors (Lipinski definition) is 0. The molecular formula is C15H19ClN4OS2. The SMILES string of the molecule is Cc1nc(SCc2cc(N3CCOC[C@@H]3C)nc(Cl)n2)sc1C. The summed E-state index contributed by atoms with van der Waals surface area (Å²) in [5, 5.41) is 0.295. The monoisotopic (exact) mass is 370 g/mol. The first kappa shape index (κ1) is 17.0. The molecule has 1 atom stereocenters. The van der Waals surface area contributed by atoms with Crippen LogP contribution in [0.3, 0.4) is 0 Å². The number of halogens is 1. The fraction of sp³-hybridized carbons (Fsp3) is 0.533. The average Bonchev–Trinajstić information content (AvgIpc) is 2.84. The van der Waals surface area contributed by atoms with Gasteiger partial charge in [-0.3, -0.25) is 0 Å². The summed E-state index contributed by atoms with van der Waals surface area (Å²) in [4.78, 5) is 16.8. The maximum atomic E-state index is 6.13. The van der Waals surface area contributed by atoms with Crippen molar-refractivity contribution < 1.29 is 4.74 Å². The highest BCUT2D eigenvalue weighted by molar-refractivity contribution is 8.00. The standard InChI is InChI=1S/C15H19ClN4OS2/c1-9-7-21-5-4-20(9)13-6-12(18-14(16)19-13)8-22-15-17-10(2)11(3)23-15/h6,9H,4-5,7-8H2,1-3H3/t9-/m0/s1. The van der Waals surface area contributed by atoms with Crippen molar-refractivity contribution in [2.24, 2.45) is 0 Å². The van der Waals surface area contributed by atoms with Gasteiger partial charge in [0.15, 0.2) is 4.34 Å². The molecule has 1 aliphatic heterocycles. The van der Waals surface area contributed by atoms with Crippen molar-refractivity contribution in [2.45, 2.75) is 36.9 Å². The van der Waals surface area contributed by atoms with Crippen LogP contribution in [-0.4, -0.2) is 40.8 Å². The minimum atomic E-state index is 0.291. The van der Waals surface area contributed by atoms with E-state index < -0.39 is 0 Å². The van der Waals surface area contributed by atoms with Crippen LogP contribution in [0.1, 0.15) is 23.2 Å². The molecule has 0 unspecified atom stereocenters. The van der Waals surface area contributed by atoms with Crippen LogP contribution in [0.2, 0.25) is 5.28 Å². The Morgan fingerprint density at radius 3 is 2.91 bits per heavy atom. The number of hydrogen-bond acceptors (Lipinski definition) is 7. The van der Waals surface area contributed by atoms with Crippen molar-refractivity contribution in [1.29, 1.82) is 0 Å². The van der Waals surface area contributed by atoms with Crippen molar-refractivity contribution in [3.05, 3.63) is 27.6 Å². The summed E-state index contributed by atoms with van der Waals surface area (Å²) in [6, 6.07) is 2.31. The summed E-state index contributed by atoms with van der Waals surface area (Å²) in [6.45, 7) is 8.51. The Hall–Kier alpha value is -0.890. The van der Waals surface area contributed by atoms with E-state index in [1.54, 1.807) is 23.1 Å². The van der Waals surface area contributed by atoms with E-state index in [0.29, 0.717) is 24.5 Å². The summed E-state index contributed by atoms with van der Waals surface area (Å²) < 4.78 is 6.55. The fourth-order valence-electron chi connectivity index (χ4n) is 2.38. The maximum absolute atomic E-state index is 6.13. The number of rotatable bonds is 4. The lowest BCUT2D eigenvalue weighted by Crippen LogP contribution is -2.44. The first-order valence-corrected chi connectivity index (χ1v) is 9.65. The molecule has 0 amide bonds. The highest BCUT2D eigenvalue weighted by atomic mass is 35.5. The zero-order valence-corrected chi connectivity index (χ0v) is 15.8. The first-order chi connectivity index (χ1) is 11.0. The van der Waals surface area contributed by atoms with E-state index >= 15 is 0 Å². The normalized spacial score (nSPS) is 18.4. The molecule has 5 nitrogen and oxygen atoms in total. The quantitative estimate of drug-likeness (QED) is 0.604. The number of thioether (sulfide) groups is 1. The lowest BCUT2D eigenvalue weighted by molar-refractivity contribution is 0.0985. The third-order valence-electron chi connectivity index (χ3n) is 3.75. The number of thiazole rings is 1. The predicted octanol–water partition coefficient (Wildman–Crippen LogP) is 3.72. The lowest BCUT2D eigenvalue weighted by Gasteiger charge is -2.34. The molecule has 0 saturated carbocycles. The van der Waals surface area contributed by atoms with Gasteiger partial charge in [-0.25, -0.2) is 15.0 Å². The topological polar surface area (TPSA) is 51.1 Å². The van der Waals surface area contributed by atoms with Gasteiger partial charge in [-0.2, -0.15) is 0 Å². The number of aromatic nitrogens is 3. The average molecular weight is 371 g/mol. The molecule has 0 aromatic carbocycles. The van der Waals surface area contributed by atoms with E-state index in [0.717, 1.165) is 33.8 Å². The van der Waals surface area contributed by atoms with Crippen molar-refractivity contribution in [2.75, 3.05) is 24.7 Å². The Balaban J connectivity index is 1.74. The van der Waals surface area contributed by atoms with Gasteiger partial charge in [0.25, 0.3) is 0 Å². The molecule has 1 aliphatic rings. The van der Waals surface area contributed by atoms with Gasteiger partial charge in [0.05, 0.1) is 30.6 Å². The summed E-state index contributed by atoms with van der Waals surface area (Å²) in [5.74, 6) is 1.61. The van der Waals surface area contributed by atoms with Crippen LogP contribution in [0.4, 0.5) is 5.82 Å². The molecular weight excluding hydrogens is 352 g/mol. The molecule has 23 heavy (non-hydrogen) atoms. The maximum Gasteiger partial charge on any atom is 0.224 e. The Labute approximate surface area is 149 Å². The highest BCUT2D eigenvalue weighted by Crippen LogP contribution is 2.30. The van der Waals surface area contributed by atoms with Crippen LogP contribution >= 0.6 is 34.7 Å². The molecule has 0 spiro atoms. The van der Waals surface area contributed by atoms with Gasteiger partial charge < -0.3 is 9.64 Å². The Kier molecular flexibility index (Phi) is 5.41. The largest absolute Gasteiger partial charge is 0.377 e. The van der Waals surface area contributed by atoms with E-state index in [1.807, 2.05) is 13.0 Å². The second-order valence-corrected chi connectivity index (χ2v) is 8.28. The van der Waals surface area contributed by atoms with Crippen LogP contribution in [-0.2, 0) is 10.5 Å². The van der Waals surface area contributed by atoms with Gasteiger partial charge in [0.2, 0.25) is 5.28 Å². The summed E-state index contributed by atoms with van der Waals surface area (Å²) in [6.07, 6.45) is 0. The number of anilines is 1. The molecule has 3 rings (SSSR count). The first-order valence-electron chi connectivity index (χ1n) is 7.47. The van der Waals surface area contributed by atoms with Crippen LogP contribution in [0.25, 0.3) is 0 Å². The second-order valence-electron chi connectivity index (χ2n) is 5.51. The molecule has 0 radical (unpaired) electrons. The van der Waals surface area contributed by atoms with E-state index in [2.05, 4.69) is 33.7 Å². The molecule has 2 aromatic heterocycles. The molecule has 0 N–H and O–H groups in total. The zero-order valence-electron chi connectivity index (χ0n) is 13.4. The third kappa shape index (κ3) is 4.15. The molecule has 1 fully saturated rings. The number of ether oxygens (including phenoxy) is 1. The number of nitrogens with zero attached hydrogens (tertiary/aromatic N) is 4. The smallest absolute Gasteiger partial charge is 0.224 e. The molecule has 3 heterocycles. The molecule has 0 aliphatic carbocycles. The van der Waals surface area contributed by atoms with Gasteiger partial charge in [-0.1, -0.05) is 11.8 Å². The van der Waals surface area contributed by atoms with Crippen molar-refractivity contribution in [3.63, 3.8) is 0 Å². The minimum Gasteiger partial charge on any atom is -0.377 e. The summed E-state index contributed by atoms with van der Waals surface area (Å²) in [7, 11) is 0. The van der Waals surface area contributed by atoms with Gasteiger partial charge in [-0.15, -0.1) is 11.3 Å². The third-order valence-corrected chi connectivity index (χ3v) is 6.17. The van der Waals surface area contributed by atoms with Crippen molar-refractivity contribution in [1.82, 2.24) is 15.0 Å². The van der Waals surface area contributed by atoms with Crippen molar-refractivity contribution in [3.8, 4) is 0 Å².